The van der Waals surface area contributed by atoms with Crippen molar-refractivity contribution in [3.05, 3.63) is 18.2 Å². The molecule has 0 fully saturated rings. The Bertz CT molecular complexity index is 471. The number of nitrogens with zero attached hydrogens (tertiary/aromatic N) is 2. The number of aromatic carboxylic acids is 1. The quantitative estimate of drug-likeness (QED) is 0.621. The zero-order valence-electron chi connectivity index (χ0n) is 12.6. The van der Waals surface area contributed by atoms with E-state index in [2.05, 4.69) is 24.1 Å². The van der Waals surface area contributed by atoms with E-state index in [1.165, 1.54) is 12.5 Å². The molecular weight excluding hydrogens is 272 g/mol. The Balaban J connectivity index is 2.30. The minimum absolute atomic E-state index is 0.00135. The molecule has 0 bridgehead atoms. The van der Waals surface area contributed by atoms with Gasteiger partial charge in [-0.05, 0) is 24.8 Å². The van der Waals surface area contributed by atoms with Gasteiger partial charge in [0, 0.05) is 25.7 Å². The third-order valence-electron chi connectivity index (χ3n) is 3.16. The largest absolute Gasteiger partial charge is 0.476 e. The van der Waals surface area contributed by atoms with E-state index >= 15 is 0 Å². The molecule has 1 atom stereocenters. The summed E-state index contributed by atoms with van der Waals surface area (Å²) in [5, 5.41) is 11.6. The Morgan fingerprint density at radius 2 is 2.19 bits per heavy atom. The highest BCUT2D eigenvalue weighted by Crippen LogP contribution is 2.13. The second kappa shape index (κ2) is 8.41. The van der Waals surface area contributed by atoms with Crippen molar-refractivity contribution in [1.29, 1.82) is 0 Å². The van der Waals surface area contributed by atoms with E-state index in [4.69, 9.17) is 10.8 Å². The molecule has 4 N–H and O–H groups in total. The Kier molecular flexibility index (Phi) is 6.87. The van der Waals surface area contributed by atoms with Gasteiger partial charge in [0.15, 0.2) is 5.69 Å². The second-order valence-corrected chi connectivity index (χ2v) is 5.59. The number of nitrogens with two attached hydrogens (primary N) is 1. The number of carboxylic acid groups (broad SMARTS) is 1. The smallest absolute Gasteiger partial charge is 0.356 e. The Morgan fingerprint density at radius 1 is 1.48 bits per heavy atom. The maximum Gasteiger partial charge on any atom is 0.356 e. The first-order valence-electron chi connectivity index (χ1n) is 7.14. The number of aromatic nitrogens is 2. The van der Waals surface area contributed by atoms with Crippen molar-refractivity contribution in [2.75, 3.05) is 13.1 Å². The molecule has 7 heteroatoms. The van der Waals surface area contributed by atoms with E-state index in [0.29, 0.717) is 32.0 Å². The molecule has 118 valence electrons. The standard InChI is InChI=1S/C14H24N4O3/c1-10(2)5-11(7-15)6-13(19)16-3-4-18-8-12(14(20)21)17-9-18/h8-11H,3-7,15H2,1-2H3,(H,16,19)(H,20,21)/t11-/m0/s1. The molecule has 0 saturated carbocycles. The first-order valence-corrected chi connectivity index (χ1v) is 7.14. The number of rotatable bonds is 9. The number of imidazole rings is 1. The van der Waals surface area contributed by atoms with Crippen LogP contribution in [0.5, 0.6) is 0 Å². The molecule has 0 aromatic carbocycles. The highest BCUT2D eigenvalue weighted by molar-refractivity contribution is 5.84. The molecule has 0 unspecified atom stereocenters. The van der Waals surface area contributed by atoms with Crippen LogP contribution in [0.1, 0.15) is 37.2 Å². The summed E-state index contributed by atoms with van der Waals surface area (Å²) in [6.45, 7) is 5.66. The summed E-state index contributed by atoms with van der Waals surface area (Å²) in [6.07, 6.45) is 4.25. The second-order valence-electron chi connectivity index (χ2n) is 5.59. The van der Waals surface area contributed by atoms with Gasteiger partial charge in [0.2, 0.25) is 5.91 Å². The van der Waals surface area contributed by atoms with E-state index in [9.17, 15) is 9.59 Å². The predicted molar refractivity (Wildman–Crippen MR) is 78.8 cm³/mol. The van der Waals surface area contributed by atoms with Crippen molar-refractivity contribution in [2.24, 2.45) is 17.6 Å². The van der Waals surface area contributed by atoms with Crippen LogP contribution < -0.4 is 11.1 Å². The van der Waals surface area contributed by atoms with E-state index in [-0.39, 0.29) is 17.5 Å². The van der Waals surface area contributed by atoms with Crippen LogP contribution in [0.3, 0.4) is 0 Å². The predicted octanol–water partition coefficient (Wildman–Crippen LogP) is 0.709. The lowest BCUT2D eigenvalue weighted by Gasteiger charge is -2.16. The summed E-state index contributed by atoms with van der Waals surface area (Å²) >= 11 is 0. The molecule has 1 rings (SSSR count). The first kappa shape index (κ1) is 17.2. The lowest BCUT2D eigenvalue weighted by atomic mass is 9.94. The first-order chi connectivity index (χ1) is 9.92. The average molecular weight is 296 g/mol. The molecule has 0 aliphatic rings. The molecule has 1 amide bonds. The van der Waals surface area contributed by atoms with E-state index < -0.39 is 5.97 Å². The number of hydrogen-bond donors (Lipinski definition) is 3. The molecule has 1 heterocycles. The van der Waals surface area contributed by atoms with E-state index in [1.54, 1.807) is 4.57 Å². The van der Waals surface area contributed by atoms with Crippen molar-refractivity contribution < 1.29 is 14.7 Å². The minimum atomic E-state index is -1.06. The lowest BCUT2D eigenvalue weighted by molar-refractivity contribution is -0.122. The highest BCUT2D eigenvalue weighted by atomic mass is 16.4. The Morgan fingerprint density at radius 3 is 2.71 bits per heavy atom. The zero-order valence-corrected chi connectivity index (χ0v) is 12.6. The van der Waals surface area contributed by atoms with Crippen LogP contribution in [0, 0.1) is 11.8 Å². The number of carbonyl (C=O) groups excluding carboxylic acids is 1. The van der Waals surface area contributed by atoms with Crippen LogP contribution in [0.25, 0.3) is 0 Å². The molecule has 21 heavy (non-hydrogen) atoms. The maximum atomic E-state index is 11.8. The Hall–Kier alpha value is -1.89. The monoisotopic (exact) mass is 296 g/mol. The average Bonchev–Trinajstić information content (AvgIpc) is 2.86. The Labute approximate surface area is 124 Å². The van der Waals surface area contributed by atoms with Gasteiger partial charge in [-0.1, -0.05) is 13.8 Å². The third-order valence-corrected chi connectivity index (χ3v) is 3.16. The molecule has 0 aliphatic heterocycles. The van der Waals surface area contributed by atoms with Gasteiger partial charge in [0.05, 0.1) is 6.33 Å². The van der Waals surface area contributed by atoms with Gasteiger partial charge in [0.1, 0.15) is 0 Å². The molecule has 7 nitrogen and oxygen atoms in total. The normalized spacial score (nSPS) is 12.4. The van der Waals surface area contributed by atoms with Gasteiger partial charge in [-0.15, -0.1) is 0 Å². The van der Waals surface area contributed by atoms with Crippen molar-refractivity contribution in [3.8, 4) is 0 Å². The van der Waals surface area contributed by atoms with Crippen LogP contribution >= 0.6 is 0 Å². The van der Waals surface area contributed by atoms with Crippen molar-refractivity contribution in [3.63, 3.8) is 0 Å². The SMILES string of the molecule is CC(C)C[C@H](CN)CC(=O)NCCn1cnc(C(=O)O)c1. The summed E-state index contributed by atoms with van der Waals surface area (Å²) in [5.74, 6) is -0.356. The van der Waals surface area contributed by atoms with Crippen LogP contribution in [-0.2, 0) is 11.3 Å². The summed E-state index contributed by atoms with van der Waals surface area (Å²) in [6, 6.07) is 0. The van der Waals surface area contributed by atoms with Crippen LogP contribution in [0.15, 0.2) is 12.5 Å². The van der Waals surface area contributed by atoms with Gasteiger partial charge < -0.3 is 20.7 Å². The lowest BCUT2D eigenvalue weighted by Crippen LogP contribution is -2.31. The molecule has 1 aromatic rings. The van der Waals surface area contributed by atoms with Gasteiger partial charge >= 0.3 is 5.97 Å². The van der Waals surface area contributed by atoms with Crippen LogP contribution in [-0.4, -0.2) is 39.6 Å². The van der Waals surface area contributed by atoms with Crippen LogP contribution in [0.2, 0.25) is 0 Å². The van der Waals surface area contributed by atoms with Gasteiger partial charge in [0.25, 0.3) is 0 Å². The zero-order chi connectivity index (χ0) is 15.8. The summed E-state index contributed by atoms with van der Waals surface area (Å²) in [5.41, 5.74) is 5.67. The van der Waals surface area contributed by atoms with Crippen molar-refractivity contribution in [2.45, 2.75) is 33.2 Å². The van der Waals surface area contributed by atoms with E-state index in [1.807, 2.05) is 0 Å². The highest BCUT2D eigenvalue weighted by Gasteiger charge is 2.13. The molecule has 0 radical (unpaired) electrons. The molecule has 0 aliphatic carbocycles. The van der Waals surface area contributed by atoms with Gasteiger partial charge in [-0.3, -0.25) is 4.79 Å². The fourth-order valence-corrected chi connectivity index (χ4v) is 2.18. The van der Waals surface area contributed by atoms with Crippen molar-refractivity contribution in [1.82, 2.24) is 14.9 Å². The summed E-state index contributed by atoms with van der Waals surface area (Å²) < 4.78 is 1.64. The number of hydrogen-bond acceptors (Lipinski definition) is 4. The number of carbonyl (C=O) groups is 2. The van der Waals surface area contributed by atoms with Crippen molar-refractivity contribution >= 4 is 11.9 Å². The molecular formula is C14H24N4O3. The number of nitrogens with one attached hydrogen (secondary N) is 1. The fourth-order valence-electron chi connectivity index (χ4n) is 2.18. The van der Waals surface area contributed by atoms with Gasteiger partial charge in [-0.2, -0.15) is 0 Å². The summed E-state index contributed by atoms with van der Waals surface area (Å²) in [7, 11) is 0. The molecule has 1 aromatic heterocycles. The molecule has 0 saturated heterocycles. The molecule has 0 spiro atoms. The summed E-state index contributed by atoms with van der Waals surface area (Å²) in [4.78, 5) is 26.2. The number of amides is 1. The number of carboxylic acids is 1. The van der Waals surface area contributed by atoms with Gasteiger partial charge in [-0.25, -0.2) is 9.78 Å². The minimum Gasteiger partial charge on any atom is -0.476 e. The van der Waals surface area contributed by atoms with Crippen LogP contribution in [0.4, 0.5) is 0 Å². The fraction of sp³-hybridized carbons (Fsp3) is 0.643. The topological polar surface area (TPSA) is 110 Å². The maximum absolute atomic E-state index is 11.8. The van der Waals surface area contributed by atoms with E-state index in [0.717, 1.165) is 6.42 Å². The third kappa shape index (κ3) is 6.40.